The van der Waals surface area contributed by atoms with Crippen molar-refractivity contribution in [2.75, 3.05) is 5.32 Å². The maximum Gasteiger partial charge on any atom is 0.237 e. The van der Waals surface area contributed by atoms with Gasteiger partial charge in [0.15, 0.2) is 11.0 Å². The zero-order valence-corrected chi connectivity index (χ0v) is 17.1. The van der Waals surface area contributed by atoms with Gasteiger partial charge >= 0.3 is 0 Å². The third kappa shape index (κ3) is 4.42. The molecule has 1 heterocycles. The molecule has 1 atom stereocenters. The highest BCUT2D eigenvalue weighted by Gasteiger charge is 2.20. The topological polar surface area (TPSA) is 59.8 Å². The molecule has 1 amide bonds. The second-order valence-electron chi connectivity index (χ2n) is 6.87. The molecule has 0 unspecified atom stereocenters. The van der Waals surface area contributed by atoms with Gasteiger partial charge in [-0.1, -0.05) is 49.9 Å². The van der Waals surface area contributed by atoms with E-state index in [9.17, 15) is 9.18 Å². The Morgan fingerprint density at radius 3 is 2.39 bits per heavy atom. The van der Waals surface area contributed by atoms with Gasteiger partial charge in [0.1, 0.15) is 5.82 Å². The molecule has 3 aromatic rings. The lowest BCUT2D eigenvalue weighted by atomic mass is 10.0. The first-order valence-electron chi connectivity index (χ1n) is 9.08. The fourth-order valence-electron chi connectivity index (χ4n) is 2.70. The van der Waals surface area contributed by atoms with Crippen LogP contribution in [0.4, 0.5) is 10.1 Å². The first kappa shape index (κ1) is 20.1. The van der Waals surface area contributed by atoms with E-state index in [0.717, 1.165) is 5.69 Å². The Bertz CT molecular complexity index is 969. The second-order valence-corrected chi connectivity index (χ2v) is 8.18. The maximum absolute atomic E-state index is 14.0. The van der Waals surface area contributed by atoms with E-state index in [2.05, 4.69) is 29.4 Å². The molecule has 1 aromatic heterocycles. The van der Waals surface area contributed by atoms with Crippen molar-refractivity contribution in [1.29, 1.82) is 0 Å². The van der Waals surface area contributed by atoms with Crippen molar-refractivity contribution >= 4 is 23.4 Å². The molecular weight excluding hydrogens is 375 g/mol. The number of thioether (sulfide) groups is 1. The molecule has 2 aromatic carbocycles. The fourth-order valence-corrected chi connectivity index (χ4v) is 3.52. The van der Waals surface area contributed by atoms with E-state index in [1.807, 2.05) is 24.3 Å². The van der Waals surface area contributed by atoms with Crippen LogP contribution in [0.25, 0.3) is 11.4 Å². The minimum atomic E-state index is -0.388. The fraction of sp³-hybridized carbons (Fsp3) is 0.286. The van der Waals surface area contributed by atoms with Crippen LogP contribution < -0.4 is 5.32 Å². The Balaban J connectivity index is 1.68. The lowest BCUT2D eigenvalue weighted by Gasteiger charge is -2.13. The number of amides is 1. The first-order valence-corrected chi connectivity index (χ1v) is 9.96. The maximum atomic E-state index is 14.0. The molecule has 0 bridgehead atoms. The number of hydrogen-bond donors (Lipinski definition) is 1. The number of carbonyl (C=O) groups excluding carboxylic acids is 1. The number of halogens is 1. The molecule has 0 aliphatic heterocycles. The summed E-state index contributed by atoms with van der Waals surface area (Å²) in [5.74, 6) is 0.388. The summed E-state index contributed by atoms with van der Waals surface area (Å²) in [6.07, 6.45) is 0. The number of benzene rings is 2. The Morgan fingerprint density at radius 2 is 1.75 bits per heavy atom. The Hall–Kier alpha value is -2.67. The van der Waals surface area contributed by atoms with Gasteiger partial charge in [0, 0.05) is 12.7 Å². The van der Waals surface area contributed by atoms with Gasteiger partial charge in [-0.25, -0.2) is 4.39 Å². The summed E-state index contributed by atoms with van der Waals surface area (Å²) in [6.45, 7) is 6.06. The van der Waals surface area contributed by atoms with Crippen LogP contribution in [0.3, 0.4) is 0 Å². The third-order valence-corrected chi connectivity index (χ3v) is 5.58. The molecule has 0 radical (unpaired) electrons. The predicted molar refractivity (Wildman–Crippen MR) is 111 cm³/mol. The quantitative estimate of drug-likeness (QED) is 0.602. The number of hydrogen-bond acceptors (Lipinski definition) is 4. The van der Waals surface area contributed by atoms with Crippen molar-refractivity contribution in [1.82, 2.24) is 14.8 Å². The summed E-state index contributed by atoms with van der Waals surface area (Å²) in [7, 11) is 1.76. The predicted octanol–water partition coefficient (Wildman–Crippen LogP) is 4.86. The normalized spacial score (nSPS) is 12.2. The van der Waals surface area contributed by atoms with Gasteiger partial charge in [-0.05, 0) is 42.7 Å². The summed E-state index contributed by atoms with van der Waals surface area (Å²) < 4.78 is 15.7. The number of nitrogens with one attached hydrogen (secondary N) is 1. The van der Waals surface area contributed by atoms with Gasteiger partial charge in [0.25, 0.3) is 0 Å². The van der Waals surface area contributed by atoms with E-state index >= 15 is 0 Å². The number of anilines is 1. The van der Waals surface area contributed by atoms with Crippen molar-refractivity contribution in [2.45, 2.75) is 37.1 Å². The Labute approximate surface area is 168 Å². The summed E-state index contributed by atoms with van der Waals surface area (Å²) in [5, 5.41) is 11.3. The van der Waals surface area contributed by atoms with E-state index in [4.69, 9.17) is 0 Å². The van der Waals surface area contributed by atoms with Gasteiger partial charge in [0.05, 0.1) is 10.8 Å². The summed E-state index contributed by atoms with van der Waals surface area (Å²) >= 11 is 1.28. The van der Waals surface area contributed by atoms with E-state index in [0.29, 0.717) is 22.5 Å². The molecule has 7 heteroatoms. The molecule has 0 saturated carbocycles. The molecule has 0 aliphatic rings. The van der Waals surface area contributed by atoms with Crippen molar-refractivity contribution in [3.05, 3.63) is 59.9 Å². The average molecular weight is 399 g/mol. The average Bonchev–Trinajstić information content (AvgIpc) is 3.03. The Morgan fingerprint density at radius 1 is 1.07 bits per heavy atom. The molecule has 1 N–H and O–H groups in total. The lowest BCUT2D eigenvalue weighted by Crippen LogP contribution is -2.22. The molecule has 0 spiro atoms. The van der Waals surface area contributed by atoms with Gasteiger partial charge < -0.3 is 9.88 Å². The van der Waals surface area contributed by atoms with Crippen molar-refractivity contribution in [3.8, 4) is 11.4 Å². The number of carbonyl (C=O) groups is 1. The number of aromatic nitrogens is 3. The smallest absolute Gasteiger partial charge is 0.237 e. The molecule has 0 fully saturated rings. The highest BCUT2D eigenvalue weighted by atomic mass is 32.2. The number of nitrogens with zero attached hydrogens (tertiary/aromatic N) is 3. The molecule has 5 nitrogen and oxygen atoms in total. The SMILES string of the molecule is CC(C)c1ccc(NC(=O)[C@@H](C)Sc2nnc(-c3ccccc3F)n2C)cc1. The first-order chi connectivity index (χ1) is 13.4. The van der Waals surface area contributed by atoms with E-state index < -0.39 is 0 Å². The highest BCUT2D eigenvalue weighted by Crippen LogP contribution is 2.27. The number of rotatable bonds is 6. The Kier molecular flexibility index (Phi) is 6.14. The van der Waals surface area contributed by atoms with Gasteiger partial charge in [-0.15, -0.1) is 10.2 Å². The molecular formula is C21H23FN4OS. The van der Waals surface area contributed by atoms with Crippen LogP contribution in [-0.2, 0) is 11.8 Å². The van der Waals surface area contributed by atoms with Gasteiger partial charge in [0.2, 0.25) is 5.91 Å². The molecule has 3 rings (SSSR count). The van der Waals surface area contributed by atoms with Crippen LogP contribution in [0.15, 0.2) is 53.7 Å². The van der Waals surface area contributed by atoms with Gasteiger partial charge in [-0.3, -0.25) is 4.79 Å². The van der Waals surface area contributed by atoms with E-state index in [-0.39, 0.29) is 17.0 Å². The third-order valence-electron chi connectivity index (χ3n) is 4.45. The van der Waals surface area contributed by atoms with Crippen molar-refractivity contribution in [2.24, 2.45) is 7.05 Å². The second kappa shape index (κ2) is 8.56. The van der Waals surface area contributed by atoms with E-state index in [1.54, 1.807) is 36.7 Å². The summed E-state index contributed by atoms with van der Waals surface area (Å²) in [6, 6.07) is 14.3. The standard InChI is InChI=1S/C21H23FN4OS/c1-13(2)15-9-11-16(12-10-15)23-20(27)14(3)28-21-25-24-19(26(21)4)17-7-5-6-8-18(17)22/h5-14H,1-4H3,(H,23,27)/t14-/m1/s1. The van der Waals surface area contributed by atoms with E-state index in [1.165, 1.54) is 23.4 Å². The zero-order chi connectivity index (χ0) is 20.3. The van der Waals surface area contributed by atoms with Crippen LogP contribution in [0.1, 0.15) is 32.3 Å². The van der Waals surface area contributed by atoms with Crippen LogP contribution in [0.2, 0.25) is 0 Å². The van der Waals surface area contributed by atoms with Gasteiger partial charge in [-0.2, -0.15) is 0 Å². The minimum Gasteiger partial charge on any atom is -0.325 e. The molecule has 0 saturated heterocycles. The molecule has 0 aliphatic carbocycles. The monoisotopic (exact) mass is 398 g/mol. The lowest BCUT2D eigenvalue weighted by molar-refractivity contribution is -0.115. The minimum absolute atomic E-state index is 0.127. The molecule has 28 heavy (non-hydrogen) atoms. The van der Waals surface area contributed by atoms with Crippen LogP contribution in [0, 0.1) is 5.82 Å². The largest absolute Gasteiger partial charge is 0.325 e. The van der Waals surface area contributed by atoms with Crippen molar-refractivity contribution in [3.63, 3.8) is 0 Å². The van der Waals surface area contributed by atoms with Crippen LogP contribution in [-0.4, -0.2) is 25.9 Å². The summed E-state index contributed by atoms with van der Waals surface area (Å²) in [4.78, 5) is 12.5. The van der Waals surface area contributed by atoms with Crippen LogP contribution in [0.5, 0.6) is 0 Å². The zero-order valence-electron chi connectivity index (χ0n) is 16.3. The van der Waals surface area contributed by atoms with Crippen molar-refractivity contribution < 1.29 is 9.18 Å². The summed E-state index contributed by atoms with van der Waals surface area (Å²) in [5.41, 5.74) is 2.36. The highest BCUT2D eigenvalue weighted by molar-refractivity contribution is 8.00. The molecule has 146 valence electrons. The van der Waals surface area contributed by atoms with Crippen LogP contribution >= 0.6 is 11.8 Å².